The van der Waals surface area contributed by atoms with E-state index < -0.39 is 0 Å². The molecular weight excluding hydrogens is 196 g/mol. The van der Waals surface area contributed by atoms with Gasteiger partial charge in [-0.05, 0) is 19.1 Å². The summed E-state index contributed by atoms with van der Waals surface area (Å²) >= 11 is 0. The van der Waals surface area contributed by atoms with E-state index in [9.17, 15) is 4.79 Å². The van der Waals surface area contributed by atoms with E-state index in [1.165, 1.54) is 6.33 Å². The molecular formula is C9H10N4O2. The highest BCUT2D eigenvalue weighted by Crippen LogP contribution is 2.08. The number of amides is 1. The second-order valence-electron chi connectivity index (χ2n) is 3.13. The van der Waals surface area contributed by atoms with Gasteiger partial charge in [-0.2, -0.15) is 0 Å². The number of aromatic nitrogens is 3. The van der Waals surface area contributed by atoms with Crippen LogP contribution in [0, 0.1) is 6.92 Å². The first kappa shape index (κ1) is 9.45. The second-order valence-corrected chi connectivity index (χ2v) is 3.13. The van der Waals surface area contributed by atoms with Crippen LogP contribution in [0.25, 0.3) is 0 Å². The van der Waals surface area contributed by atoms with E-state index in [1.807, 2.05) is 0 Å². The lowest BCUT2D eigenvalue weighted by molar-refractivity contribution is 0.0994. The Kier molecular flexibility index (Phi) is 2.24. The molecule has 0 fully saturated rings. The molecule has 6 nitrogen and oxygen atoms in total. The van der Waals surface area contributed by atoms with Gasteiger partial charge in [-0.25, -0.2) is 0 Å². The number of carbonyl (C=O) groups is 1. The van der Waals surface area contributed by atoms with Gasteiger partial charge in [0.05, 0.1) is 0 Å². The van der Waals surface area contributed by atoms with Crippen molar-refractivity contribution in [3.05, 3.63) is 30.0 Å². The molecule has 2 heterocycles. The van der Waals surface area contributed by atoms with E-state index in [-0.39, 0.29) is 11.7 Å². The molecule has 0 atom stereocenters. The fourth-order valence-corrected chi connectivity index (χ4v) is 1.12. The summed E-state index contributed by atoms with van der Waals surface area (Å²) in [5, 5.41) is 9.95. The number of hydrogen-bond donors (Lipinski definition) is 1. The van der Waals surface area contributed by atoms with Crippen LogP contribution in [0.1, 0.15) is 16.3 Å². The van der Waals surface area contributed by atoms with Gasteiger partial charge in [0.15, 0.2) is 5.76 Å². The van der Waals surface area contributed by atoms with Crippen LogP contribution in [0.5, 0.6) is 0 Å². The first-order valence-electron chi connectivity index (χ1n) is 4.38. The first-order valence-corrected chi connectivity index (χ1v) is 4.38. The Morgan fingerprint density at radius 1 is 1.53 bits per heavy atom. The molecule has 2 aromatic heterocycles. The topological polar surface area (TPSA) is 73.0 Å². The van der Waals surface area contributed by atoms with Crippen molar-refractivity contribution < 1.29 is 9.21 Å². The van der Waals surface area contributed by atoms with Gasteiger partial charge in [-0.3, -0.25) is 10.1 Å². The van der Waals surface area contributed by atoms with Crippen LogP contribution in [0.15, 0.2) is 22.9 Å². The molecule has 0 bridgehead atoms. The molecule has 2 aromatic rings. The quantitative estimate of drug-likeness (QED) is 0.794. The van der Waals surface area contributed by atoms with Crippen LogP contribution in [0.2, 0.25) is 0 Å². The van der Waals surface area contributed by atoms with Crippen molar-refractivity contribution >= 4 is 11.9 Å². The lowest BCUT2D eigenvalue weighted by Crippen LogP contribution is -2.14. The van der Waals surface area contributed by atoms with Gasteiger partial charge in [0.25, 0.3) is 5.91 Å². The highest BCUT2D eigenvalue weighted by Gasteiger charge is 2.12. The molecule has 0 unspecified atom stereocenters. The third kappa shape index (κ3) is 1.88. The maximum Gasteiger partial charge on any atom is 0.293 e. The lowest BCUT2D eigenvalue weighted by Gasteiger charge is -2.00. The largest absolute Gasteiger partial charge is 0.456 e. The average Bonchev–Trinajstić information content (AvgIpc) is 2.77. The van der Waals surface area contributed by atoms with Crippen molar-refractivity contribution in [1.82, 2.24) is 14.8 Å². The van der Waals surface area contributed by atoms with Crippen molar-refractivity contribution in [2.24, 2.45) is 7.05 Å². The van der Waals surface area contributed by atoms with Crippen molar-refractivity contribution in [2.75, 3.05) is 5.32 Å². The molecule has 0 saturated heterocycles. The van der Waals surface area contributed by atoms with Gasteiger partial charge in [-0.15, -0.1) is 10.2 Å². The third-order valence-corrected chi connectivity index (χ3v) is 1.90. The maximum atomic E-state index is 11.6. The first-order chi connectivity index (χ1) is 7.16. The van der Waals surface area contributed by atoms with Gasteiger partial charge >= 0.3 is 0 Å². The number of carbonyl (C=O) groups excluding carboxylic acids is 1. The van der Waals surface area contributed by atoms with E-state index >= 15 is 0 Å². The zero-order chi connectivity index (χ0) is 10.8. The van der Waals surface area contributed by atoms with E-state index in [4.69, 9.17) is 4.42 Å². The van der Waals surface area contributed by atoms with Crippen LogP contribution >= 0.6 is 0 Å². The molecule has 1 N–H and O–H groups in total. The molecule has 1 amide bonds. The van der Waals surface area contributed by atoms with Gasteiger partial charge < -0.3 is 8.98 Å². The van der Waals surface area contributed by atoms with Crippen LogP contribution < -0.4 is 5.32 Å². The molecule has 0 aliphatic carbocycles. The van der Waals surface area contributed by atoms with Crippen LogP contribution in [-0.4, -0.2) is 20.7 Å². The highest BCUT2D eigenvalue weighted by atomic mass is 16.3. The predicted molar refractivity (Wildman–Crippen MR) is 52.4 cm³/mol. The zero-order valence-electron chi connectivity index (χ0n) is 8.39. The van der Waals surface area contributed by atoms with Crippen molar-refractivity contribution in [1.29, 1.82) is 0 Å². The summed E-state index contributed by atoms with van der Waals surface area (Å²) < 4.78 is 6.77. The minimum atomic E-state index is -0.334. The average molecular weight is 206 g/mol. The summed E-state index contributed by atoms with van der Waals surface area (Å²) in [4.78, 5) is 11.6. The van der Waals surface area contributed by atoms with Gasteiger partial charge in [0.1, 0.15) is 12.1 Å². The van der Waals surface area contributed by atoms with Crippen molar-refractivity contribution in [3.8, 4) is 0 Å². The predicted octanol–water partition coefficient (Wildman–Crippen LogP) is 0.969. The van der Waals surface area contributed by atoms with Crippen molar-refractivity contribution in [2.45, 2.75) is 6.92 Å². The molecule has 0 saturated carbocycles. The van der Waals surface area contributed by atoms with E-state index in [0.29, 0.717) is 11.7 Å². The Balaban J connectivity index is 2.14. The zero-order valence-corrected chi connectivity index (χ0v) is 8.39. The Labute approximate surface area is 85.9 Å². The molecule has 0 aliphatic rings. The molecule has 2 rings (SSSR count). The molecule has 0 aliphatic heterocycles. The third-order valence-electron chi connectivity index (χ3n) is 1.90. The van der Waals surface area contributed by atoms with Gasteiger partial charge in [0.2, 0.25) is 5.95 Å². The summed E-state index contributed by atoms with van der Waals surface area (Å²) in [5.41, 5.74) is 0. The SMILES string of the molecule is Cc1ccc(C(=O)Nc2nncn2C)o1. The molecule has 0 spiro atoms. The molecule has 78 valence electrons. The number of furan rings is 1. The van der Waals surface area contributed by atoms with Gasteiger partial charge in [-0.1, -0.05) is 0 Å². The molecule has 0 aromatic carbocycles. The number of hydrogen-bond acceptors (Lipinski definition) is 4. The minimum Gasteiger partial charge on any atom is -0.456 e. The van der Waals surface area contributed by atoms with Crippen LogP contribution in [0.4, 0.5) is 5.95 Å². The van der Waals surface area contributed by atoms with Crippen LogP contribution in [-0.2, 0) is 7.05 Å². The minimum absolute atomic E-state index is 0.260. The van der Waals surface area contributed by atoms with Crippen LogP contribution in [0.3, 0.4) is 0 Å². The lowest BCUT2D eigenvalue weighted by atomic mass is 10.4. The summed E-state index contributed by atoms with van der Waals surface area (Å²) in [7, 11) is 1.74. The molecule has 6 heteroatoms. The fraction of sp³-hybridized carbons (Fsp3) is 0.222. The summed E-state index contributed by atoms with van der Waals surface area (Å²) in [6.45, 7) is 1.78. The Hall–Kier alpha value is -2.11. The smallest absolute Gasteiger partial charge is 0.293 e. The summed E-state index contributed by atoms with van der Waals surface area (Å²) in [5.74, 6) is 1.00. The monoisotopic (exact) mass is 206 g/mol. The maximum absolute atomic E-state index is 11.6. The summed E-state index contributed by atoms with van der Waals surface area (Å²) in [6.07, 6.45) is 1.50. The number of anilines is 1. The van der Waals surface area contributed by atoms with E-state index in [2.05, 4.69) is 15.5 Å². The molecule has 15 heavy (non-hydrogen) atoms. The molecule has 0 radical (unpaired) electrons. The van der Waals surface area contributed by atoms with Crippen molar-refractivity contribution in [3.63, 3.8) is 0 Å². The number of nitrogens with one attached hydrogen (secondary N) is 1. The van der Waals surface area contributed by atoms with E-state index in [1.54, 1.807) is 30.7 Å². The fourth-order valence-electron chi connectivity index (χ4n) is 1.12. The van der Waals surface area contributed by atoms with Gasteiger partial charge in [0, 0.05) is 7.05 Å². The Bertz CT molecular complexity index is 486. The highest BCUT2D eigenvalue weighted by molar-refractivity contribution is 6.01. The Morgan fingerprint density at radius 2 is 2.33 bits per heavy atom. The standard InChI is InChI=1S/C9H10N4O2/c1-6-3-4-7(15-6)8(14)11-9-12-10-5-13(9)2/h3-5H,1-2H3,(H,11,12,14). The Morgan fingerprint density at radius 3 is 2.87 bits per heavy atom. The number of nitrogens with zero attached hydrogens (tertiary/aromatic N) is 3. The summed E-state index contributed by atoms with van der Waals surface area (Å²) in [6, 6.07) is 3.34. The normalized spacial score (nSPS) is 10.3. The van der Waals surface area contributed by atoms with E-state index in [0.717, 1.165) is 0 Å². The second kappa shape index (κ2) is 3.56. The number of aryl methyl sites for hydroxylation is 2. The number of rotatable bonds is 2.